The van der Waals surface area contributed by atoms with Crippen molar-refractivity contribution in [3.8, 4) is 0 Å². The third kappa shape index (κ3) is 2.15. The molecular formula is C5H9Br2O2P. The first kappa shape index (κ1) is 9.40. The van der Waals surface area contributed by atoms with E-state index in [9.17, 15) is 0 Å². The molecule has 1 rings (SSSR count). The smallest absolute Gasteiger partial charge is 0.155 e. The van der Waals surface area contributed by atoms with Crippen LogP contribution in [0, 0.1) is 5.41 Å². The summed E-state index contributed by atoms with van der Waals surface area (Å²) < 4.78 is 10.4. The van der Waals surface area contributed by atoms with Gasteiger partial charge in [-0.1, -0.05) is 31.9 Å². The van der Waals surface area contributed by atoms with Crippen molar-refractivity contribution < 1.29 is 9.05 Å². The fraction of sp³-hybridized carbons (Fsp3) is 1.00. The first-order valence-corrected chi connectivity index (χ1v) is 5.99. The van der Waals surface area contributed by atoms with Crippen LogP contribution in [0.3, 0.4) is 0 Å². The Hall–Kier alpha value is 1.31. The second kappa shape index (κ2) is 4.36. The van der Waals surface area contributed by atoms with E-state index in [1.54, 1.807) is 0 Å². The van der Waals surface area contributed by atoms with Crippen LogP contribution in [0.15, 0.2) is 0 Å². The lowest BCUT2D eigenvalue weighted by molar-refractivity contribution is 0.0803. The summed E-state index contributed by atoms with van der Waals surface area (Å²) in [7, 11) is 0.233. The Bertz CT molecular complexity index is 99.8. The molecule has 0 bridgehead atoms. The number of rotatable bonds is 2. The Balaban J connectivity index is 2.44. The minimum atomic E-state index is 0.158. The maximum atomic E-state index is 5.21. The summed E-state index contributed by atoms with van der Waals surface area (Å²) in [5.41, 5.74) is 0.158. The predicted molar refractivity (Wildman–Crippen MR) is 50.2 cm³/mol. The Kier molecular flexibility index (Phi) is 4.10. The van der Waals surface area contributed by atoms with Crippen LogP contribution in [0.2, 0.25) is 0 Å². The van der Waals surface area contributed by atoms with Gasteiger partial charge in [-0.25, -0.2) is 0 Å². The van der Waals surface area contributed by atoms with Crippen LogP contribution in [0.5, 0.6) is 0 Å². The lowest BCUT2D eigenvalue weighted by Crippen LogP contribution is -2.36. The standard InChI is InChI=1S/C5H9Br2O2P/c6-1-5(2-7)3-8-10-9-4-5/h10H,1-4H2. The topological polar surface area (TPSA) is 18.5 Å². The van der Waals surface area contributed by atoms with Crippen LogP contribution >= 0.6 is 40.9 Å². The minimum absolute atomic E-state index is 0.158. The molecule has 0 N–H and O–H groups in total. The lowest BCUT2D eigenvalue weighted by Gasteiger charge is -2.32. The van der Waals surface area contributed by atoms with Gasteiger partial charge >= 0.3 is 0 Å². The van der Waals surface area contributed by atoms with Crippen molar-refractivity contribution >= 4 is 40.9 Å². The molecule has 0 aromatic carbocycles. The Labute approximate surface area is 79.2 Å². The SMILES string of the molecule is BrCC1(CBr)COPOC1. The van der Waals surface area contributed by atoms with E-state index >= 15 is 0 Å². The molecule has 0 aromatic rings. The molecule has 0 radical (unpaired) electrons. The minimum Gasteiger partial charge on any atom is -0.336 e. The fourth-order valence-electron chi connectivity index (χ4n) is 0.638. The largest absolute Gasteiger partial charge is 0.336 e. The number of halogens is 2. The summed E-state index contributed by atoms with van der Waals surface area (Å²) in [5.74, 6) is 0. The first-order valence-electron chi connectivity index (χ1n) is 2.93. The van der Waals surface area contributed by atoms with Crippen LogP contribution < -0.4 is 0 Å². The summed E-state index contributed by atoms with van der Waals surface area (Å²) in [6.45, 7) is 1.59. The normalized spacial score (nSPS) is 24.6. The number of hydrogen-bond donors (Lipinski definition) is 0. The van der Waals surface area contributed by atoms with Crippen molar-refractivity contribution in [1.82, 2.24) is 0 Å². The summed E-state index contributed by atoms with van der Waals surface area (Å²) in [4.78, 5) is 0. The van der Waals surface area contributed by atoms with Gasteiger partial charge in [0.2, 0.25) is 0 Å². The van der Waals surface area contributed by atoms with Crippen molar-refractivity contribution in [1.29, 1.82) is 0 Å². The summed E-state index contributed by atoms with van der Waals surface area (Å²) in [5, 5.41) is 1.85. The summed E-state index contributed by atoms with van der Waals surface area (Å²) in [6.07, 6.45) is 0. The molecule has 1 fully saturated rings. The first-order chi connectivity index (χ1) is 4.83. The van der Waals surface area contributed by atoms with E-state index in [2.05, 4.69) is 31.9 Å². The third-order valence-corrected chi connectivity index (χ3v) is 4.34. The van der Waals surface area contributed by atoms with Crippen molar-refractivity contribution in [2.45, 2.75) is 0 Å². The highest BCUT2D eigenvalue weighted by Crippen LogP contribution is 2.34. The van der Waals surface area contributed by atoms with E-state index in [1.807, 2.05) is 0 Å². The highest BCUT2D eigenvalue weighted by Gasteiger charge is 2.31. The molecule has 2 nitrogen and oxygen atoms in total. The van der Waals surface area contributed by atoms with E-state index in [0.717, 1.165) is 23.9 Å². The molecule has 1 aliphatic heterocycles. The molecule has 0 saturated carbocycles. The molecule has 60 valence electrons. The van der Waals surface area contributed by atoms with Crippen LogP contribution in [-0.2, 0) is 9.05 Å². The van der Waals surface area contributed by atoms with E-state index in [1.165, 1.54) is 0 Å². The number of hydrogen-bond acceptors (Lipinski definition) is 2. The molecule has 0 unspecified atom stereocenters. The molecular weight excluding hydrogens is 283 g/mol. The molecule has 0 aromatic heterocycles. The third-order valence-electron chi connectivity index (χ3n) is 1.44. The van der Waals surface area contributed by atoms with Gasteiger partial charge in [0.25, 0.3) is 0 Å². The van der Waals surface area contributed by atoms with Crippen molar-refractivity contribution in [3.63, 3.8) is 0 Å². The van der Waals surface area contributed by atoms with Gasteiger partial charge in [0, 0.05) is 16.1 Å². The zero-order valence-electron chi connectivity index (χ0n) is 5.40. The fourth-order valence-corrected chi connectivity index (χ4v) is 3.03. The van der Waals surface area contributed by atoms with Crippen LogP contribution in [0.25, 0.3) is 0 Å². The van der Waals surface area contributed by atoms with Crippen LogP contribution in [0.1, 0.15) is 0 Å². The van der Waals surface area contributed by atoms with Gasteiger partial charge in [-0.15, -0.1) is 0 Å². The molecule has 0 spiro atoms. The quantitative estimate of drug-likeness (QED) is 0.574. The van der Waals surface area contributed by atoms with Crippen molar-refractivity contribution in [2.24, 2.45) is 5.41 Å². The van der Waals surface area contributed by atoms with Crippen molar-refractivity contribution in [3.05, 3.63) is 0 Å². The number of alkyl halides is 2. The van der Waals surface area contributed by atoms with Gasteiger partial charge in [-0.2, -0.15) is 0 Å². The highest BCUT2D eigenvalue weighted by atomic mass is 79.9. The molecule has 0 atom stereocenters. The van der Waals surface area contributed by atoms with Crippen molar-refractivity contribution in [2.75, 3.05) is 23.9 Å². The van der Waals surface area contributed by atoms with Gasteiger partial charge in [0.05, 0.1) is 13.2 Å². The maximum absolute atomic E-state index is 5.21. The van der Waals surface area contributed by atoms with Gasteiger partial charge < -0.3 is 9.05 Å². The van der Waals surface area contributed by atoms with E-state index in [0.29, 0.717) is 0 Å². The van der Waals surface area contributed by atoms with Gasteiger partial charge in [0.15, 0.2) is 9.03 Å². The predicted octanol–water partition coefficient (Wildman–Crippen LogP) is 2.32. The zero-order chi connectivity index (χ0) is 7.45. The van der Waals surface area contributed by atoms with E-state index in [4.69, 9.17) is 9.05 Å². The highest BCUT2D eigenvalue weighted by molar-refractivity contribution is 9.09. The van der Waals surface area contributed by atoms with E-state index < -0.39 is 0 Å². The van der Waals surface area contributed by atoms with Gasteiger partial charge in [-0.3, -0.25) is 0 Å². The second-order valence-electron chi connectivity index (χ2n) is 2.43. The molecule has 0 aliphatic carbocycles. The van der Waals surface area contributed by atoms with Gasteiger partial charge in [-0.05, 0) is 0 Å². The average Bonchev–Trinajstić information content (AvgIpc) is 2.06. The molecule has 10 heavy (non-hydrogen) atoms. The Morgan fingerprint density at radius 1 is 1.20 bits per heavy atom. The molecule has 5 heteroatoms. The Morgan fingerprint density at radius 2 is 1.70 bits per heavy atom. The second-order valence-corrected chi connectivity index (χ2v) is 4.29. The monoisotopic (exact) mass is 290 g/mol. The van der Waals surface area contributed by atoms with Crippen LogP contribution in [-0.4, -0.2) is 23.9 Å². The van der Waals surface area contributed by atoms with Crippen LogP contribution in [0.4, 0.5) is 0 Å². The lowest BCUT2D eigenvalue weighted by atomic mass is 9.96. The van der Waals surface area contributed by atoms with Gasteiger partial charge in [0.1, 0.15) is 0 Å². The molecule has 1 heterocycles. The molecule has 1 aliphatic rings. The maximum Gasteiger partial charge on any atom is 0.155 e. The molecule has 0 amide bonds. The summed E-state index contributed by atoms with van der Waals surface area (Å²) in [6, 6.07) is 0. The van der Waals surface area contributed by atoms with E-state index in [-0.39, 0.29) is 14.4 Å². The molecule has 1 saturated heterocycles. The Morgan fingerprint density at radius 3 is 2.00 bits per heavy atom. The average molecular weight is 292 g/mol. The summed E-state index contributed by atoms with van der Waals surface area (Å²) >= 11 is 6.88. The zero-order valence-corrected chi connectivity index (χ0v) is 9.57.